The van der Waals surface area contributed by atoms with Crippen LogP contribution in [0.2, 0.25) is 0 Å². The smallest absolute Gasteiger partial charge is 0.252 e. The number of benzene rings is 2. The zero-order valence-corrected chi connectivity index (χ0v) is 12.8. The second kappa shape index (κ2) is 6.01. The zero-order valence-electron chi connectivity index (χ0n) is 12.8. The number of para-hydroxylation sites is 1. The van der Waals surface area contributed by atoms with Crippen molar-refractivity contribution in [1.82, 2.24) is 9.97 Å². The molecule has 0 saturated carbocycles. The molecule has 2 aromatic carbocycles. The van der Waals surface area contributed by atoms with Crippen LogP contribution in [0.15, 0.2) is 83.9 Å². The van der Waals surface area contributed by atoms with Gasteiger partial charge in [0.1, 0.15) is 11.5 Å². The zero-order chi connectivity index (χ0) is 16.4. The summed E-state index contributed by atoms with van der Waals surface area (Å²) in [6.45, 7) is 0. The number of aromatic amines is 1. The average Bonchev–Trinajstić information content (AvgIpc) is 2.63. The van der Waals surface area contributed by atoms with Crippen LogP contribution in [-0.4, -0.2) is 9.97 Å². The monoisotopic (exact) mass is 314 g/mol. The lowest BCUT2D eigenvalue weighted by Crippen LogP contribution is -2.04. The maximum atomic E-state index is 11.9. The Hall–Kier alpha value is -3.40. The fraction of sp³-hybridized carbons (Fsp3) is 0. The van der Waals surface area contributed by atoms with Crippen LogP contribution in [0.5, 0.6) is 11.5 Å². The van der Waals surface area contributed by atoms with Gasteiger partial charge in [0.15, 0.2) is 0 Å². The largest absolute Gasteiger partial charge is 0.456 e. The molecule has 0 aliphatic carbocycles. The quantitative estimate of drug-likeness (QED) is 0.610. The van der Waals surface area contributed by atoms with E-state index in [-0.39, 0.29) is 5.56 Å². The van der Waals surface area contributed by atoms with Gasteiger partial charge in [-0.3, -0.25) is 9.78 Å². The number of nitrogens with zero attached hydrogens (tertiary/aromatic N) is 1. The predicted molar refractivity (Wildman–Crippen MR) is 94.3 cm³/mol. The molecule has 0 bridgehead atoms. The van der Waals surface area contributed by atoms with Crippen LogP contribution >= 0.6 is 0 Å². The highest BCUT2D eigenvalue weighted by atomic mass is 16.5. The van der Waals surface area contributed by atoms with Gasteiger partial charge in [-0.1, -0.05) is 24.3 Å². The number of nitrogens with one attached hydrogen (secondary N) is 1. The van der Waals surface area contributed by atoms with E-state index in [2.05, 4.69) is 9.97 Å². The van der Waals surface area contributed by atoms with Crippen LogP contribution in [0.4, 0.5) is 0 Å². The summed E-state index contributed by atoms with van der Waals surface area (Å²) in [6, 6.07) is 20.7. The Morgan fingerprint density at radius 2 is 1.62 bits per heavy atom. The number of H-pyrrole nitrogens is 1. The number of aromatic nitrogens is 2. The van der Waals surface area contributed by atoms with E-state index in [1.54, 1.807) is 12.4 Å². The molecule has 0 radical (unpaired) electrons. The molecule has 0 amide bonds. The first-order valence-corrected chi connectivity index (χ1v) is 7.60. The summed E-state index contributed by atoms with van der Waals surface area (Å²) >= 11 is 0. The molecule has 24 heavy (non-hydrogen) atoms. The Labute approximate surface area is 138 Å². The topological polar surface area (TPSA) is 55.0 Å². The molecule has 1 N–H and O–H groups in total. The van der Waals surface area contributed by atoms with Crippen LogP contribution in [0.25, 0.3) is 22.0 Å². The van der Waals surface area contributed by atoms with Crippen molar-refractivity contribution >= 4 is 10.9 Å². The summed E-state index contributed by atoms with van der Waals surface area (Å²) < 4.78 is 5.93. The van der Waals surface area contributed by atoms with Crippen molar-refractivity contribution in [3.63, 3.8) is 0 Å². The summed E-state index contributed by atoms with van der Waals surface area (Å²) in [6.07, 6.45) is 3.52. The third-order valence-corrected chi connectivity index (χ3v) is 3.79. The number of fused-ring (bicyclic) bond motifs is 1. The number of hydrogen-bond donors (Lipinski definition) is 1. The van der Waals surface area contributed by atoms with Crippen molar-refractivity contribution in [1.29, 1.82) is 0 Å². The minimum atomic E-state index is -0.190. The lowest BCUT2D eigenvalue weighted by Gasteiger charge is -2.10. The summed E-state index contributed by atoms with van der Waals surface area (Å²) in [5.41, 5.74) is 2.65. The molecule has 0 fully saturated rings. The summed E-state index contributed by atoms with van der Waals surface area (Å²) in [4.78, 5) is 18.8. The van der Waals surface area contributed by atoms with E-state index in [1.807, 2.05) is 60.7 Å². The maximum absolute atomic E-state index is 11.9. The first-order chi connectivity index (χ1) is 11.8. The minimum absolute atomic E-state index is 0.190. The highest BCUT2D eigenvalue weighted by Gasteiger charge is 2.08. The Morgan fingerprint density at radius 1 is 0.833 bits per heavy atom. The highest BCUT2D eigenvalue weighted by Crippen LogP contribution is 2.31. The van der Waals surface area contributed by atoms with Gasteiger partial charge < -0.3 is 9.72 Å². The van der Waals surface area contributed by atoms with E-state index < -0.39 is 0 Å². The maximum Gasteiger partial charge on any atom is 0.252 e. The SMILES string of the molecule is O=c1cc(Oc2ccccc2)c2cc(-c3ccncc3)ccc2[nH]1. The van der Waals surface area contributed by atoms with Crippen molar-refractivity contribution in [2.24, 2.45) is 0 Å². The Morgan fingerprint density at radius 3 is 2.42 bits per heavy atom. The van der Waals surface area contributed by atoms with Crippen LogP contribution in [0.3, 0.4) is 0 Å². The second-order valence-corrected chi connectivity index (χ2v) is 5.41. The van der Waals surface area contributed by atoms with Crippen molar-refractivity contribution in [2.75, 3.05) is 0 Å². The Kier molecular flexibility index (Phi) is 3.56. The summed E-state index contributed by atoms with van der Waals surface area (Å²) in [7, 11) is 0. The molecule has 0 saturated heterocycles. The molecule has 4 aromatic rings. The van der Waals surface area contributed by atoms with Gasteiger partial charge in [-0.2, -0.15) is 0 Å². The Balaban J connectivity index is 1.87. The minimum Gasteiger partial charge on any atom is -0.456 e. The van der Waals surface area contributed by atoms with Crippen LogP contribution in [-0.2, 0) is 0 Å². The molecule has 0 spiro atoms. The molecule has 0 aliphatic rings. The van der Waals surface area contributed by atoms with E-state index >= 15 is 0 Å². The van der Waals surface area contributed by atoms with Crippen LogP contribution in [0, 0.1) is 0 Å². The summed E-state index contributed by atoms with van der Waals surface area (Å²) in [5.74, 6) is 1.23. The van der Waals surface area contributed by atoms with E-state index in [9.17, 15) is 4.79 Å². The lowest BCUT2D eigenvalue weighted by atomic mass is 10.0. The van der Waals surface area contributed by atoms with Gasteiger partial charge >= 0.3 is 0 Å². The molecule has 0 aliphatic heterocycles. The fourth-order valence-corrected chi connectivity index (χ4v) is 2.65. The lowest BCUT2D eigenvalue weighted by molar-refractivity contribution is 0.487. The van der Waals surface area contributed by atoms with Crippen LogP contribution in [0.1, 0.15) is 0 Å². The molecule has 4 heteroatoms. The van der Waals surface area contributed by atoms with E-state index in [0.29, 0.717) is 11.5 Å². The molecule has 0 atom stereocenters. The van der Waals surface area contributed by atoms with Gasteiger partial charge in [0.25, 0.3) is 5.56 Å². The van der Waals surface area contributed by atoms with Crippen molar-refractivity contribution in [2.45, 2.75) is 0 Å². The first-order valence-electron chi connectivity index (χ1n) is 7.60. The molecule has 116 valence electrons. The predicted octanol–water partition coefficient (Wildman–Crippen LogP) is 4.38. The standard InChI is InChI=1S/C20H14N2O2/c23-20-13-19(24-16-4-2-1-3-5-16)17-12-15(6-7-18(17)22-20)14-8-10-21-11-9-14/h1-13H,(H,22,23). The molecule has 4 rings (SSSR count). The van der Waals surface area contributed by atoms with Gasteiger partial charge in [0.05, 0.1) is 5.52 Å². The fourth-order valence-electron chi connectivity index (χ4n) is 2.65. The molecular formula is C20H14N2O2. The normalized spacial score (nSPS) is 10.7. The van der Waals surface area contributed by atoms with Gasteiger partial charge in [-0.25, -0.2) is 0 Å². The van der Waals surface area contributed by atoms with Gasteiger partial charge in [-0.05, 0) is 47.5 Å². The number of pyridine rings is 2. The van der Waals surface area contributed by atoms with Crippen molar-refractivity contribution in [3.8, 4) is 22.6 Å². The molecule has 4 nitrogen and oxygen atoms in total. The summed E-state index contributed by atoms with van der Waals surface area (Å²) in [5, 5.41) is 0.854. The molecule has 2 heterocycles. The number of hydrogen-bond acceptors (Lipinski definition) is 3. The third kappa shape index (κ3) is 2.77. The van der Waals surface area contributed by atoms with Gasteiger partial charge in [-0.15, -0.1) is 0 Å². The number of ether oxygens (including phenoxy) is 1. The highest BCUT2D eigenvalue weighted by molar-refractivity contribution is 5.89. The molecule has 2 aromatic heterocycles. The van der Waals surface area contributed by atoms with Gasteiger partial charge in [0.2, 0.25) is 0 Å². The average molecular weight is 314 g/mol. The van der Waals surface area contributed by atoms with E-state index in [0.717, 1.165) is 22.0 Å². The first kappa shape index (κ1) is 14.2. The number of rotatable bonds is 3. The van der Waals surface area contributed by atoms with Gasteiger partial charge in [0, 0.05) is 23.8 Å². The second-order valence-electron chi connectivity index (χ2n) is 5.41. The molecule has 0 unspecified atom stereocenters. The Bertz CT molecular complexity index is 1040. The van der Waals surface area contributed by atoms with E-state index in [1.165, 1.54) is 6.07 Å². The van der Waals surface area contributed by atoms with E-state index in [4.69, 9.17) is 4.74 Å². The molecular weight excluding hydrogens is 300 g/mol. The van der Waals surface area contributed by atoms with Crippen molar-refractivity contribution < 1.29 is 4.74 Å². The van der Waals surface area contributed by atoms with Crippen molar-refractivity contribution in [3.05, 3.63) is 89.5 Å². The van der Waals surface area contributed by atoms with Crippen LogP contribution < -0.4 is 10.3 Å². The third-order valence-electron chi connectivity index (χ3n) is 3.79.